The van der Waals surface area contributed by atoms with Crippen LogP contribution in [0.3, 0.4) is 0 Å². The largest absolute Gasteiger partial charge is 0.452 e. The van der Waals surface area contributed by atoms with Gasteiger partial charge in [0.1, 0.15) is 10.8 Å². The van der Waals surface area contributed by atoms with E-state index in [1.807, 2.05) is 0 Å². The molecule has 0 fully saturated rings. The number of thiophene rings is 1. The third-order valence-corrected chi connectivity index (χ3v) is 5.88. The highest BCUT2D eigenvalue weighted by atomic mass is 32.1. The second-order valence-corrected chi connectivity index (χ2v) is 7.97. The van der Waals surface area contributed by atoms with Crippen LogP contribution in [-0.2, 0) is 33.6 Å². The number of carbonyl (C=O) groups is 3. The fraction of sp³-hybridized carbons (Fsp3) is 0.381. The third-order valence-electron chi connectivity index (χ3n) is 4.67. The zero-order valence-electron chi connectivity index (χ0n) is 16.2. The minimum atomic E-state index is -0.614. The van der Waals surface area contributed by atoms with Gasteiger partial charge in [-0.3, -0.25) is 9.59 Å². The van der Waals surface area contributed by atoms with Crippen LogP contribution in [0.4, 0.5) is 9.39 Å². The molecule has 3 rings (SSSR count). The SMILES string of the molecule is CC(=O)Nc1sc2c(c1C(=O)OCC(=O)NCCc1ccccc1F)CCCC2. The average molecular weight is 418 g/mol. The summed E-state index contributed by atoms with van der Waals surface area (Å²) in [5, 5.41) is 5.80. The van der Waals surface area contributed by atoms with Gasteiger partial charge in [0.15, 0.2) is 6.61 Å². The lowest BCUT2D eigenvalue weighted by Gasteiger charge is -2.13. The lowest BCUT2D eigenvalue weighted by Crippen LogP contribution is -2.30. The van der Waals surface area contributed by atoms with Crippen molar-refractivity contribution in [3.05, 3.63) is 51.7 Å². The van der Waals surface area contributed by atoms with Gasteiger partial charge in [-0.25, -0.2) is 9.18 Å². The number of nitrogens with one attached hydrogen (secondary N) is 2. The molecular formula is C21H23FN2O4S. The quantitative estimate of drug-likeness (QED) is 0.676. The number of aryl methyl sites for hydroxylation is 1. The summed E-state index contributed by atoms with van der Waals surface area (Å²) >= 11 is 1.40. The van der Waals surface area contributed by atoms with Crippen molar-refractivity contribution in [1.82, 2.24) is 5.32 Å². The van der Waals surface area contributed by atoms with E-state index >= 15 is 0 Å². The Balaban J connectivity index is 1.56. The molecule has 8 heteroatoms. The lowest BCUT2D eigenvalue weighted by atomic mass is 9.95. The molecule has 6 nitrogen and oxygen atoms in total. The van der Waals surface area contributed by atoms with Crippen LogP contribution in [-0.4, -0.2) is 30.9 Å². The molecule has 0 unspecified atom stereocenters. The summed E-state index contributed by atoms with van der Waals surface area (Å²) < 4.78 is 18.8. The maximum atomic E-state index is 13.6. The minimum Gasteiger partial charge on any atom is -0.452 e. The Bertz CT molecular complexity index is 925. The van der Waals surface area contributed by atoms with E-state index in [0.717, 1.165) is 36.1 Å². The maximum absolute atomic E-state index is 13.6. The number of ether oxygens (including phenoxy) is 1. The van der Waals surface area contributed by atoms with Gasteiger partial charge in [-0.15, -0.1) is 11.3 Å². The molecule has 1 aliphatic rings. The number of esters is 1. The highest BCUT2D eigenvalue weighted by Crippen LogP contribution is 2.38. The van der Waals surface area contributed by atoms with Crippen LogP contribution in [0.15, 0.2) is 24.3 Å². The van der Waals surface area contributed by atoms with Gasteiger partial charge in [-0.1, -0.05) is 18.2 Å². The molecule has 0 spiro atoms. The monoisotopic (exact) mass is 418 g/mol. The summed E-state index contributed by atoms with van der Waals surface area (Å²) in [6.45, 7) is 1.19. The van der Waals surface area contributed by atoms with Crippen molar-refractivity contribution in [1.29, 1.82) is 0 Å². The number of carbonyl (C=O) groups excluding carboxylic acids is 3. The summed E-state index contributed by atoms with van der Waals surface area (Å²) in [5.41, 5.74) is 1.78. The number of anilines is 1. The summed E-state index contributed by atoms with van der Waals surface area (Å²) in [4.78, 5) is 37.2. The van der Waals surface area contributed by atoms with Gasteiger partial charge in [0.05, 0.1) is 5.56 Å². The standard InChI is InChI=1S/C21H23FN2O4S/c1-13(25)24-20-19(15-7-3-5-9-17(15)29-20)21(27)28-12-18(26)23-11-10-14-6-2-4-8-16(14)22/h2,4,6,8H,3,5,7,9-12H2,1H3,(H,23,26)(H,24,25). The third kappa shape index (κ3) is 5.41. The van der Waals surface area contributed by atoms with Crippen molar-refractivity contribution < 1.29 is 23.5 Å². The zero-order chi connectivity index (χ0) is 20.8. The van der Waals surface area contributed by atoms with Crippen LogP contribution in [0, 0.1) is 5.82 Å². The van der Waals surface area contributed by atoms with Gasteiger partial charge in [0.2, 0.25) is 5.91 Å². The van der Waals surface area contributed by atoms with Crippen molar-refractivity contribution in [3.63, 3.8) is 0 Å². The number of benzene rings is 1. The first-order chi connectivity index (χ1) is 14.0. The predicted octanol–water partition coefficient (Wildman–Crippen LogP) is 3.24. The van der Waals surface area contributed by atoms with E-state index in [0.29, 0.717) is 22.5 Å². The molecule has 0 saturated heterocycles. The van der Waals surface area contributed by atoms with E-state index in [1.54, 1.807) is 18.2 Å². The van der Waals surface area contributed by atoms with Crippen molar-refractivity contribution >= 4 is 34.1 Å². The van der Waals surface area contributed by atoms with E-state index in [9.17, 15) is 18.8 Å². The topological polar surface area (TPSA) is 84.5 Å². The predicted molar refractivity (Wildman–Crippen MR) is 109 cm³/mol. The van der Waals surface area contributed by atoms with Crippen LogP contribution < -0.4 is 10.6 Å². The Morgan fingerprint density at radius 1 is 1.17 bits per heavy atom. The van der Waals surface area contributed by atoms with Gasteiger partial charge in [0, 0.05) is 18.3 Å². The van der Waals surface area contributed by atoms with Crippen molar-refractivity contribution in [2.45, 2.75) is 39.0 Å². The Kier molecular flexibility index (Phi) is 6.98. The van der Waals surface area contributed by atoms with E-state index in [1.165, 1.54) is 24.3 Å². The summed E-state index contributed by atoms with van der Waals surface area (Å²) in [6.07, 6.45) is 3.99. The number of rotatable bonds is 7. The molecule has 0 bridgehead atoms. The van der Waals surface area contributed by atoms with Crippen molar-refractivity contribution in [3.8, 4) is 0 Å². The van der Waals surface area contributed by atoms with Crippen LogP contribution in [0.5, 0.6) is 0 Å². The molecule has 0 aliphatic heterocycles. The van der Waals surface area contributed by atoms with E-state index < -0.39 is 18.5 Å². The minimum absolute atomic E-state index is 0.238. The second-order valence-electron chi connectivity index (χ2n) is 6.86. The molecule has 2 amide bonds. The molecule has 0 saturated carbocycles. The lowest BCUT2D eigenvalue weighted by molar-refractivity contribution is -0.124. The molecule has 1 aliphatic carbocycles. The van der Waals surface area contributed by atoms with Crippen LogP contribution >= 0.6 is 11.3 Å². The first kappa shape index (κ1) is 21.0. The van der Waals surface area contributed by atoms with Crippen LogP contribution in [0.25, 0.3) is 0 Å². The molecular weight excluding hydrogens is 395 g/mol. The molecule has 2 N–H and O–H groups in total. The smallest absolute Gasteiger partial charge is 0.341 e. The Labute approximate surface area is 172 Å². The Morgan fingerprint density at radius 2 is 1.93 bits per heavy atom. The number of fused-ring (bicyclic) bond motifs is 1. The van der Waals surface area contributed by atoms with Crippen molar-refractivity contribution in [2.24, 2.45) is 0 Å². The van der Waals surface area contributed by atoms with Crippen LogP contribution in [0.1, 0.15) is 46.1 Å². The molecule has 1 aromatic carbocycles. The van der Waals surface area contributed by atoms with E-state index in [4.69, 9.17) is 4.74 Å². The fourth-order valence-electron chi connectivity index (χ4n) is 3.32. The number of amides is 2. The molecule has 29 heavy (non-hydrogen) atoms. The molecule has 0 radical (unpaired) electrons. The highest BCUT2D eigenvalue weighted by molar-refractivity contribution is 7.17. The molecule has 2 aromatic rings. The van der Waals surface area contributed by atoms with E-state index in [2.05, 4.69) is 10.6 Å². The van der Waals surface area contributed by atoms with Crippen molar-refractivity contribution in [2.75, 3.05) is 18.5 Å². The fourth-order valence-corrected chi connectivity index (χ4v) is 4.65. The zero-order valence-corrected chi connectivity index (χ0v) is 17.0. The molecule has 1 aromatic heterocycles. The highest BCUT2D eigenvalue weighted by Gasteiger charge is 2.27. The summed E-state index contributed by atoms with van der Waals surface area (Å²) in [5.74, 6) is -1.65. The van der Waals surface area contributed by atoms with Gasteiger partial charge in [-0.05, 0) is 49.3 Å². The maximum Gasteiger partial charge on any atom is 0.341 e. The van der Waals surface area contributed by atoms with Crippen LogP contribution in [0.2, 0.25) is 0 Å². The number of hydrogen-bond donors (Lipinski definition) is 2. The first-order valence-electron chi connectivity index (χ1n) is 9.55. The van der Waals surface area contributed by atoms with E-state index in [-0.39, 0.29) is 18.3 Å². The van der Waals surface area contributed by atoms with Gasteiger partial charge in [0.25, 0.3) is 5.91 Å². The van der Waals surface area contributed by atoms with Gasteiger partial charge in [-0.2, -0.15) is 0 Å². The summed E-state index contributed by atoms with van der Waals surface area (Å²) in [6, 6.07) is 6.36. The number of hydrogen-bond acceptors (Lipinski definition) is 5. The Hall–Kier alpha value is -2.74. The summed E-state index contributed by atoms with van der Waals surface area (Å²) in [7, 11) is 0. The van der Waals surface area contributed by atoms with Gasteiger partial charge >= 0.3 is 5.97 Å². The first-order valence-corrected chi connectivity index (χ1v) is 10.4. The normalized spacial score (nSPS) is 12.8. The second kappa shape index (κ2) is 9.65. The molecule has 0 atom stereocenters. The molecule has 1 heterocycles. The number of halogens is 1. The Morgan fingerprint density at radius 3 is 2.69 bits per heavy atom. The average Bonchev–Trinajstić information content (AvgIpc) is 3.04. The van der Waals surface area contributed by atoms with Gasteiger partial charge < -0.3 is 15.4 Å². The molecule has 154 valence electrons.